The molecule has 0 spiro atoms. The maximum Gasteiger partial charge on any atom is 0.508 e. The van der Waals surface area contributed by atoms with Gasteiger partial charge in [-0.15, -0.1) is 5.10 Å². The maximum absolute atomic E-state index is 11.6. The standard InChI is InChI=1S/C26H38N2O9/c1-7-33-26(32)34-13-20-21(29)22(30)23(31)25(36-20)37-24-19(16(6)28(27-24)14(2)3)12-17-8-10-18(11-9-17)35-15(4)5/h8-11,14-15,20-23,25,29-31H,7,12-13H2,1-6H3/t20?,21-,22?,23+,25+/m1/s1. The zero-order valence-electron chi connectivity index (χ0n) is 22.2. The Labute approximate surface area is 216 Å². The van der Waals surface area contributed by atoms with Gasteiger partial charge in [-0.3, -0.25) is 4.68 Å². The molecule has 1 aromatic carbocycles. The Morgan fingerprint density at radius 2 is 1.73 bits per heavy atom. The van der Waals surface area contributed by atoms with Gasteiger partial charge in [-0.25, -0.2) is 4.79 Å². The molecule has 2 heterocycles. The largest absolute Gasteiger partial charge is 0.508 e. The van der Waals surface area contributed by atoms with Crippen LogP contribution in [0.2, 0.25) is 0 Å². The van der Waals surface area contributed by atoms with Crippen molar-refractivity contribution in [1.29, 1.82) is 0 Å². The molecular weight excluding hydrogens is 484 g/mol. The summed E-state index contributed by atoms with van der Waals surface area (Å²) in [6, 6.07) is 7.76. The van der Waals surface area contributed by atoms with Crippen LogP contribution in [0.3, 0.4) is 0 Å². The van der Waals surface area contributed by atoms with Crippen molar-refractivity contribution in [2.24, 2.45) is 0 Å². The molecule has 1 aliphatic rings. The molecule has 3 N–H and O–H groups in total. The zero-order valence-corrected chi connectivity index (χ0v) is 22.2. The number of aromatic nitrogens is 2. The molecule has 5 atom stereocenters. The highest BCUT2D eigenvalue weighted by atomic mass is 16.7. The third kappa shape index (κ3) is 7.13. The fourth-order valence-corrected chi connectivity index (χ4v) is 4.06. The van der Waals surface area contributed by atoms with Gasteiger partial charge in [0.15, 0.2) is 0 Å². The van der Waals surface area contributed by atoms with E-state index in [0.717, 1.165) is 22.6 Å². The fraction of sp³-hybridized carbons (Fsp3) is 0.615. The number of benzene rings is 1. The lowest BCUT2D eigenvalue weighted by Gasteiger charge is -2.39. The van der Waals surface area contributed by atoms with Gasteiger partial charge in [0, 0.05) is 23.7 Å². The summed E-state index contributed by atoms with van der Waals surface area (Å²) in [5.74, 6) is 0.999. The minimum atomic E-state index is -1.60. The molecule has 1 fully saturated rings. The van der Waals surface area contributed by atoms with E-state index >= 15 is 0 Å². The summed E-state index contributed by atoms with van der Waals surface area (Å²) < 4.78 is 28.9. The monoisotopic (exact) mass is 522 g/mol. The van der Waals surface area contributed by atoms with Gasteiger partial charge >= 0.3 is 6.16 Å². The van der Waals surface area contributed by atoms with Gasteiger partial charge in [-0.2, -0.15) is 0 Å². The second-order valence-electron chi connectivity index (χ2n) is 9.52. The van der Waals surface area contributed by atoms with E-state index in [-0.39, 0.29) is 24.6 Å². The number of ether oxygens (including phenoxy) is 5. The van der Waals surface area contributed by atoms with Crippen molar-refractivity contribution in [2.45, 2.75) is 90.8 Å². The molecule has 11 nitrogen and oxygen atoms in total. The molecule has 2 unspecified atom stereocenters. The minimum absolute atomic E-state index is 0.0354. The Hall–Kier alpha value is -2.86. The third-order valence-electron chi connectivity index (χ3n) is 5.93. The number of carbonyl (C=O) groups is 1. The van der Waals surface area contributed by atoms with Crippen molar-refractivity contribution in [1.82, 2.24) is 9.78 Å². The molecule has 0 saturated carbocycles. The molecule has 3 rings (SSSR count). The highest BCUT2D eigenvalue weighted by Gasteiger charge is 2.46. The minimum Gasteiger partial charge on any atom is -0.491 e. The van der Waals surface area contributed by atoms with Crippen molar-refractivity contribution in [3.63, 3.8) is 0 Å². The summed E-state index contributed by atoms with van der Waals surface area (Å²) in [5.41, 5.74) is 2.65. The van der Waals surface area contributed by atoms with Gasteiger partial charge in [0.25, 0.3) is 0 Å². The molecule has 1 aromatic heterocycles. The van der Waals surface area contributed by atoms with E-state index in [1.54, 1.807) is 6.92 Å². The molecular formula is C26H38N2O9. The molecule has 2 aromatic rings. The molecule has 0 bridgehead atoms. The first kappa shape index (κ1) is 28.7. The first-order valence-electron chi connectivity index (χ1n) is 12.5. The SMILES string of the molecule is CCOC(=O)OCC1O[C@@H](Oc2nn(C(C)C)c(C)c2Cc2ccc(OC(C)C)cc2)[C@@H](O)C(O)[C@@H]1O. The zero-order chi connectivity index (χ0) is 27.3. The summed E-state index contributed by atoms with van der Waals surface area (Å²) in [6.45, 7) is 11.2. The van der Waals surface area contributed by atoms with E-state index in [9.17, 15) is 20.1 Å². The Morgan fingerprint density at radius 3 is 2.32 bits per heavy atom. The second kappa shape index (κ2) is 12.6. The molecule has 0 amide bonds. The normalized spacial score (nSPS) is 23.8. The number of aliphatic hydroxyl groups is 3. The predicted octanol–water partition coefficient (Wildman–Crippen LogP) is 2.51. The summed E-state index contributed by atoms with van der Waals surface area (Å²) in [5, 5.41) is 35.9. The average Bonchev–Trinajstić information content (AvgIpc) is 3.14. The summed E-state index contributed by atoms with van der Waals surface area (Å²) in [4.78, 5) is 11.6. The topological polar surface area (TPSA) is 142 Å². The first-order valence-corrected chi connectivity index (χ1v) is 12.5. The lowest BCUT2D eigenvalue weighted by atomic mass is 9.99. The summed E-state index contributed by atoms with van der Waals surface area (Å²) >= 11 is 0. The number of hydrogen-bond donors (Lipinski definition) is 3. The number of carbonyl (C=O) groups excluding carboxylic acids is 1. The van der Waals surface area contributed by atoms with E-state index < -0.39 is 43.5 Å². The van der Waals surface area contributed by atoms with Crippen molar-refractivity contribution >= 4 is 6.16 Å². The van der Waals surface area contributed by atoms with Gasteiger partial charge in [-0.1, -0.05) is 12.1 Å². The molecule has 1 saturated heterocycles. The van der Waals surface area contributed by atoms with Crippen molar-refractivity contribution in [3.05, 3.63) is 41.1 Å². The third-order valence-corrected chi connectivity index (χ3v) is 5.93. The molecule has 0 aliphatic carbocycles. The van der Waals surface area contributed by atoms with Gasteiger partial charge in [0.05, 0.1) is 12.7 Å². The van der Waals surface area contributed by atoms with Crippen LogP contribution >= 0.6 is 0 Å². The van der Waals surface area contributed by atoms with Gasteiger partial charge in [-0.05, 0) is 59.2 Å². The smallest absolute Gasteiger partial charge is 0.491 e. The van der Waals surface area contributed by atoms with Gasteiger partial charge in [0.2, 0.25) is 12.2 Å². The van der Waals surface area contributed by atoms with Crippen LogP contribution < -0.4 is 9.47 Å². The molecule has 11 heteroatoms. The van der Waals surface area contributed by atoms with E-state index in [2.05, 4.69) is 5.10 Å². The van der Waals surface area contributed by atoms with Crippen LogP contribution in [0.15, 0.2) is 24.3 Å². The summed E-state index contributed by atoms with van der Waals surface area (Å²) in [6.07, 6.45) is -7.58. The number of aliphatic hydroxyl groups excluding tert-OH is 3. The maximum atomic E-state index is 11.6. The van der Waals surface area contributed by atoms with Crippen LogP contribution in [0.4, 0.5) is 4.79 Å². The average molecular weight is 523 g/mol. The molecule has 1 aliphatic heterocycles. The fourth-order valence-electron chi connectivity index (χ4n) is 4.06. The van der Waals surface area contributed by atoms with E-state index in [4.69, 9.17) is 23.7 Å². The van der Waals surface area contributed by atoms with Crippen molar-refractivity contribution < 1.29 is 43.8 Å². The highest BCUT2D eigenvalue weighted by molar-refractivity contribution is 5.59. The van der Waals surface area contributed by atoms with Gasteiger partial charge in [0.1, 0.15) is 36.8 Å². The lowest BCUT2D eigenvalue weighted by Crippen LogP contribution is -2.60. The Bertz CT molecular complexity index is 1020. The predicted molar refractivity (Wildman–Crippen MR) is 133 cm³/mol. The van der Waals surface area contributed by atoms with Crippen LogP contribution in [0.25, 0.3) is 0 Å². The number of rotatable bonds is 10. The Morgan fingerprint density at radius 1 is 1.05 bits per heavy atom. The lowest BCUT2D eigenvalue weighted by molar-refractivity contribution is -0.278. The van der Waals surface area contributed by atoms with Crippen molar-refractivity contribution in [2.75, 3.05) is 13.2 Å². The Kier molecular flexibility index (Phi) is 9.77. The van der Waals surface area contributed by atoms with E-state index in [0.29, 0.717) is 6.42 Å². The number of hydrogen-bond acceptors (Lipinski definition) is 10. The van der Waals surface area contributed by atoms with E-state index in [1.165, 1.54) is 0 Å². The van der Waals surface area contributed by atoms with Crippen LogP contribution in [-0.4, -0.2) is 81.3 Å². The van der Waals surface area contributed by atoms with E-state index in [1.807, 2.05) is 63.6 Å². The Balaban J connectivity index is 1.82. The first-order chi connectivity index (χ1) is 17.5. The van der Waals surface area contributed by atoms with Crippen molar-refractivity contribution in [3.8, 4) is 11.6 Å². The quantitative estimate of drug-likeness (QED) is 0.399. The van der Waals surface area contributed by atoms with Gasteiger partial charge < -0.3 is 39.0 Å². The molecule has 37 heavy (non-hydrogen) atoms. The highest BCUT2D eigenvalue weighted by Crippen LogP contribution is 2.31. The van der Waals surface area contributed by atoms with Crippen LogP contribution in [-0.2, 0) is 20.6 Å². The molecule has 0 radical (unpaired) electrons. The second-order valence-corrected chi connectivity index (χ2v) is 9.52. The summed E-state index contributed by atoms with van der Waals surface area (Å²) in [7, 11) is 0. The van der Waals surface area contributed by atoms with Crippen LogP contribution in [0.1, 0.15) is 57.5 Å². The van der Waals surface area contributed by atoms with Crippen LogP contribution in [0.5, 0.6) is 11.6 Å². The van der Waals surface area contributed by atoms with Crippen LogP contribution in [0, 0.1) is 6.92 Å². The number of nitrogens with zero attached hydrogens (tertiary/aromatic N) is 2. The molecule has 206 valence electrons.